The lowest BCUT2D eigenvalue weighted by Crippen LogP contribution is -2.77. The molecular weight excluding hydrogens is 444 g/mol. The zero-order chi connectivity index (χ0) is 25.4. The third-order valence-electron chi connectivity index (χ3n) is 7.72. The van der Waals surface area contributed by atoms with Crippen LogP contribution in [0.25, 0.3) is 6.08 Å². The maximum atomic E-state index is 13.8. The molecule has 3 aliphatic rings. The lowest BCUT2D eigenvalue weighted by atomic mass is 9.49. The Morgan fingerprint density at radius 2 is 1.79 bits per heavy atom. The fourth-order valence-corrected chi connectivity index (χ4v) is 6.28. The number of hydrogen-bond donors (Lipinski definition) is 4. The summed E-state index contributed by atoms with van der Waals surface area (Å²) in [4.78, 5) is 66.9. The molecule has 1 aromatic rings. The van der Waals surface area contributed by atoms with Gasteiger partial charge in [0.15, 0.2) is 34.7 Å². The van der Waals surface area contributed by atoms with E-state index in [1.165, 1.54) is 31.1 Å². The maximum Gasteiger partial charge on any atom is 0.235 e. The van der Waals surface area contributed by atoms with E-state index in [4.69, 9.17) is 5.73 Å². The molecule has 2 fully saturated rings. The fraction of sp³-hybridized carbons (Fsp3) is 0.458. The first-order valence-electron chi connectivity index (χ1n) is 10.8. The average Bonchev–Trinajstić information content (AvgIpc) is 2.75. The van der Waals surface area contributed by atoms with Crippen molar-refractivity contribution in [3.05, 3.63) is 35.4 Å². The number of phenolic OH excluding ortho intramolecular Hbond substituents is 1. The molecule has 8 atom stereocenters. The van der Waals surface area contributed by atoms with E-state index in [1.807, 2.05) is 0 Å². The number of carbonyl (C=O) groups excluding carboxylic acids is 5. The molecule has 10 heteroatoms. The van der Waals surface area contributed by atoms with Gasteiger partial charge < -0.3 is 21.1 Å². The summed E-state index contributed by atoms with van der Waals surface area (Å²) in [5.41, 5.74) is 3.02. The third-order valence-corrected chi connectivity index (χ3v) is 7.72. The van der Waals surface area contributed by atoms with Crippen LogP contribution in [-0.4, -0.2) is 81.1 Å². The Kier molecular flexibility index (Phi) is 5.39. The minimum atomic E-state index is -3.00. The number of ketones is 4. The second kappa shape index (κ2) is 7.66. The van der Waals surface area contributed by atoms with Gasteiger partial charge in [-0.15, -0.1) is 0 Å². The van der Waals surface area contributed by atoms with Gasteiger partial charge >= 0.3 is 0 Å². The van der Waals surface area contributed by atoms with Crippen LogP contribution in [0.5, 0.6) is 5.75 Å². The molecule has 0 spiro atoms. The molecule has 5 N–H and O–H groups in total. The molecule has 34 heavy (non-hydrogen) atoms. The standard InChI is InChI=1S/C24H26N2O8/c1-5-9-6-7-10(27)13-11(9)8(2)12-14(18(13)28)21(31)24(34)16(19(12)29)17(26(3)4)20(30)15(22(24)32)23(25)33/h5-8,12,14-17,19,27,29,34H,1H2,2-4H3,(H2,25,33)/t8-,12+,14?,15?,16+,17-,19-,24-/m1/s1. The molecule has 2 unspecified atom stereocenters. The fourth-order valence-electron chi connectivity index (χ4n) is 6.28. The number of phenols is 1. The number of fused-ring (bicyclic) bond motifs is 3. The molecule has 0 aromatic heterocycles. The zero-order valence-electron chi connectivity index (χ0n) is 18.9. The van der Waals surface area contributed by atoms with Crippen molar-refractivity contribution in [2.45, 2.75) is 30.6 Å². The van der Waals surface area contributed by atoms with Gasteiger partial charge in [0.05, 0.1) is 29.5 Å². The van der Waals surface area contributed by atoms with E-state index in [2.05, 4.69) is 6.58 Å². The maximum absolute atomic E-state index is 13.8. The number of Topliss-reactive ketones (excluding diaryl/α,β-unsaturated/α-hetero) is 4. The highest BCUT2D eigenvalue weighted by Gasteiger charge is 2.72. The number of nitrogens with zero attached hydrogens (tertiary/aromatic N) is 1. The number of benzene rings is 1. The summed E-state index contributed by atoms with van der Waals surface area (Å²) in [7, 11) is 2.89. The monoisotopic (exact) mass is 470 g/mol. The second-order valence-electron chi connectivity index (χ2n) is 9.53. The molecule has 2 saturated carbocycles. The first-order chi connectivity index (χ1) is 15.8. The lowest BCUT2D eigenvalue weighted by molar-refractivity contribution is -0.196. The molecule has 4 rings (SSSR count). The first kappa shape index (κ1) is 23.9. The lowest BCUT2D eigenvalue weighted by Gasteiger charge is -2.56. The summed E-state index contributed by atoms with van der Waals surface area (Å²) in [5, 5.41) is 33.5. The van der Waals surface area contributed by atoms with Gasteiger partial charge in [0.25, 0.3) is 0 Å². The van der Waals surface area contributed by atoms with Crippen molar-refractivity contribution in [3.63, 3.8) is 0 Å². The number of likely N-dealkylation sites (N-methyl/N-ethyl adjacent to an activating group) is 1. The van der Waals surface area contributed by atoms with E-state index in [-0.39, 0.29) is 5.56 Å². The van der Waals surface area contributed by atoms with Crippen LogP contribution in [0.1, 0.15) is 34.3 Å². The number of hydrogen-bond acceptors (Lipinski definition) is 9. The SMILES string of the molecule is C=Cc1ccc(O)c2c1[C@@H](C)[C@H]1C(C2=O)C(=O)[C@@]2(O)C(=O)C(C(N)=O)C(=O)[C@H](N(C)C)[C@H]2[C@@H]1O. The molecule has 1 aromatic carbocycles. The van der Waals surface area contributed by atoms with Crippen LogP contribution in [0.4, 0.5) is 0 Å². The molecule has 0 saturated heterocycles. The van der Waals surface area contributed by atoms with E-state index >= 15 is 0 Å². The van der Waals surface area contributed by atoms with Gasteiger partial charge in [0.2, 0.25) is 5.91 Å². The largest absolute Gasteiger partial charge is 0.507 e. The van der Waals surface area contributed by atoms with Gasteiger partial charge in [-0.25, -0.2) is 0 Å². The van der Waals surface area contributed by atoms with Crippen molar-refractivity contribution in [1.82, 2.24) is 4.90 Å². The van der Waals surface area contributed by atoms with Gasteiger partial charge in [-0.05, 0) is 37.2 Å². The highest BCUT2D eigenvalue weighted by molar-refractivity contribution is 6.32. The molecule has 0 heterocycles. The van der Waals surface area contributed by atoms with Crippen molar-refractivity contribution >= 4 is 35.1 Å². The van der Waals surface area contributed by atoms with Crippen molar-refractivity contribution in [2.24, 2.45) is 29.4 Å². The highest BCUT2D eigenvalue weighted by Crippen LogP contribution is 2.55. The van der Waals surface area contributed by atoms with E-state index in [0.29, 0.717) is 11.1 Å². The molecule has 0 radical (unpaired) electrons. The van der Waals surface area contributed by atoms with Crippen LogP contribution in [0.2, 0.25) is 0 Å². The van der Waals surface area contributed by atoms with Gasteiger partial charge in [-0.2, -0.15) is 0 Å². The van der Waals surface area contributed by atoms with Gasteiger partial charge in [0, 0.05) is 5.92 Å². The number of aromatic hydroxyl groups is 1. The number of carbonyl (C=O) groups is 5. The first-order valence-corrected chi connectivity index (χ1v) is 10.8. The summed E-state index contributed by atoms with van der Waals surface area (Å²) in [6.07, 6.45) is -0.183. The van der Waals surface area contributed by atoms with Crippen LogP contribution < -0.4 is 5.73 Å². The predicted molar refractivity (Wildman–Crippen MR) is 118 cm³/mol. The Balaban J connectivity index is 1.99. The van der Waals surface area contributed by atoms with Gasteiger partial charge in [-0.1, -0.05) is 25.6 Å². The van der Waals surface area contributed by atoms with Crippen LogP contribution in [0.15, 0.2) is 18.7 Å². The van der Waals surface area contributed by atoms with E-state index in [1.54, 1.807) is 13.0 Å². The molecule has 1 amide bonds. The van der Waals surface area contributed by atoms with E-state index in [0.717, 1.165) is 0 Å². The molecular formula is C24H26N2O8. The van der Waals surface area contributed by atoms with Gasteiger partial charge in [0.1, 0.15) is 5.75 Å². The van der Waals surface area contributed by atoms with E-state index in [9.17, 15) is 39.3 Å². The Labute approximate surface area is 195 Å². The van der Waals surface area contributed by atoms with Crippen molar-refractivity contribution in [3.8, 4) is 5.75 Å². The minimum Gasteiger partial charge on any atom is -0.507 e. The average molecular weight is 470 g/mol. The van der Waals surface area contributed by atoms with E-state index < -0.39 is 82.1 Å². The van der Waals surface area contributed by atoms with Crippen molar-refractivity contribution < 1.29 is 39.3 Å². The molecule has 3 aliphatic carbocycles. The predicted octanol–water partition coefficient (Wildman–Crippen LogP) is -0.958. The number of primary amides is 1. The van der Waals surface area contributed by atoms with Crippen LogP contribution in [0.3, 0.4) is 0 Å². The van der Waals surface area contributed by atoms with Crippen LogP contribution in [0, 0.1) is 23.7 Å². The summed E-state index contributed by atoms with van der Waals surface area (Å²) < 4.78 is 0. The normalized spacial score (nSPS) is 37.2. The minimum absolute atomic E-state index is 0.149. The quantitative estimate of drug-likeness (QED) is 0.406. The summed E-state index contributed by atoms with van der Waals surface area (Å²) in [6, 6.07) is 1.43. The second-order valence-corrected chi connectivity index (χ2v) is 9.53. The number of nitrogens with two attached hydrogens (primary N) is 1. The summed E-state index contributed by atoms with van der Waals surface area (Å²) >= 11 is 0. The molecule has 10 nitrogen and oxygen atoms in total. The highest BCUT2D eigenvalue weighted by atomic mass is 16.3. The smallest absolute Gasteiger partial charge is 0.235 e. The Morgan fingerprint density at radius 1 is 1.18 bits per heavy atom. The Bertz CT molecular complexity index is 1170. The van der Waals surface area contributed by atoms with Crippen molar-refractivity contribution in [2.75, 3.05) is 14.1 Å². The Morgan fingerprint density at radius 3 is 2.32 bits per heavy atom. The molecule has 180 valence electrons. The van der Waals surface area contributed by atoms with Crippen molar-refractivity contribution in [1.29, 1.82) is 0 Å². The van der Waals surface area contributed by atoms with Crippen LogP contribution in [-0.2, 0) is 19.2 Å². The van der Waals surface area contributed by atoms with Crippen LogP contribution >= 0.6 is 0 Å². The molecule has 0 bridgehead atoms. The number of rotatable bonds is 3. The topological polar surface area (TPSA) is 175 Å². The third kappa shape index (κ3) is 2.76. The van der Waals surface area contributed by atoms with Gasteiger partial charge in [-0.3, -0.25) is 28.9 Å². The number of amides is 1. The number of aliphatic hydroxyl groups excluding tert-OH is 1. The summed E-state index contributed by atoms with van der Waals surface area (Å²) in [6.45, 7) is 5.37. The molecule has 0 aliphatic heterocycles. The Hall–Kier alpha value is -3.21. The zero-order valence-corrected chi connectivity index (χ0v) is 18.9. The summed E-state index contributed by atoms with van der Waals surface area (Å²) in [5.74, 6) is -13.4. The number of aliphatic hydroxyl groups is 2.